The monoisotopic (exact) mass is 309 g/mol. The molecule has 18 heavy (non-hydrogen) atoms. The van der Waals surface area contributed by atoms with Crippen LogP contribution in [-0.2, 0) is 0 Å². The van der Waals surface area contributed by atoms with E-state index in [-0.39, 0.29) is 5.60 Å². The van der Waals surface area contributed by atoms with Gasteiger partial charge in [-0.1, -0.05) is 22.9 Å². The highest BCUT2D eigenvalue weighted by Gasteiger charge is 2.44. The molecule has 0 aromatic heterocycles. The molecule has 2 nitrogen and oxygen atoms in total. The van der Waals surface area contributed by atoms with Gasteiger partial charge in [-0.25, -0.2) is 0 Å². The van der Waals surface area contributed by atoms with Crippen LogP contribution in [0.2, 0.25) is 0 Å². The van der Waals surface area contributed by atoms with E-state index in [1.807, 2.05) is 7.05 Å². The number of hydrogen-bond donors (Lipinski definition) is 1. The van der Waals surface area contributed by atoms with Crippen molar-refractivity contribution in [1.82, 2.24) is 5.32 Å². The lowest BCUT2D eigenvalue weighted by Crippen LogP contribution is -2.41. The third-order valence-corrected chi connectivity index (χ3v) is 4.90. The SMILES string of the molecule is CNC1CC2(CCC(C)C2)Oc2ccc(Br)cc21. The van der Waals surface area contributed by atoms with E-state index in [4.69, 9.17) is 4.74 Å². The minimum absolute atomic E-state index is 0.0773. The van der Waals surface area contributed by atoms with Gasteiger partial charge in [0, 0.05) is 22.5 Å². The van der Waals surface area contributed by atoms with E-state index in [2.05, 4.69) is 46.4 Å². The summed E-state index contributed by atoms with van der Waals surface area (Å²) in [5.74, 6) is 1.86. The van der Waals surface area contributed by atoms with Gasteiger partial charge in [-0.15, -0.1) is 0 Å². The molecule has 98 valence electrons. The molecule has 0 saturated heterocycles. The van der Waals surface area contributed by atoms with Gasteiger partial charge in [-0.05, 0) is 50.4 Å². The Balaban J connectivity index is 1.97. The average molecular weight is 310 g/mol. The summed E-state index contributed by atoms with van der Waals surface area (Å²) >= 11 is 3.55. The number of halogens is 1. The van der Waals surface area contributed by atoms with Gasteiger partial charge in [-0.2, -0.15) is 0 Å². The summed E-state index contributed by atoms with van der Waals surface area (Å²) in [6.07, 6.45) is 4.78. The Morgan fingerprint density at radius 3 is 2.89 bits per heavy atom. The summed E-state index contributed by atoms with van der Waals surface area (Å²) < 4.78 is 7.50. The van der Waals surface area contributed by atoms with Crippen molar-refractivity contribution in [3.8, 4) is 5.75 Å². The van der Waals surface area contributed by atoms with Crippen LogP contribution in [0.3, 0.4) is 0 Å². The van der Waals surface area contributed by atoms with Gasteiger partial charge in [0.1, 0.15) is 11.4 Å². The van der Waals surface area contributed by atoms with Gasteiger partial charge >= 0.3 is 0 Å². The van der Waals surface area contributed by atoms with Gasteiger partial charge in [-0.3, -0.25) is 0 Å². The fraction of sp³-hybridized carbons (Fsp3) is 0.600. The van der Waals surface area contributed by atoms with Crippen molar-refractivity contribution in [2.75, 3.05) is 7.05 Å². The first-order chi connectivity index (χ1) is 8.62. The molecule has 3 atom stereocenters. The van der Waals surface area contributed by atoms with Crippen LogP contribution in [0.4, 0.5) is 0 Å². The topological polar surface area (TPSA) is 21.3 Å². The predicted molar refractivity (Wildman–Crippen MR) is 76.9 cm³/mol. The molecule has 1 saturated carbocycles. The zero-order chi connectivity index (χ0) is 12.8. The number of hydrogen-bond acceptors (Lipinski definition) is 2. The van der Waals surface area contributed by atoms with Gasteiger partial charge < -0.3 is 10.1 Å². The highest BCUT2D eigenvalue weighted by atomic mass is 79.9. The van der Waals surface area contributed by atoms with Gasteiger partial charge in [0.25, 0.3) is 0 Å². The summed E-state index contributed by atoms with van der Waals surface area (Å²) in [5.41, 5.74) is 1.37. The van der Waals surface area contributed by atoms with Crippen LogP contribution in [0, 0.1) is 5.92 Å². The average Bonchev–Trinajstić information content (AvgIpc) is 2.70. The molecule has 3 unspecified atom stereocenters. The van der Waals surface area contributed by atoms with Crippen LogP contribution in [0.5, 0.6) is 5.75 Å². The van der Waals surface area contributed by atoms with Crippen LogP contribution in [-0.4, -0.2) is 12.6 Å². The van der Waals surface area contributed by atoms with E-state index in [0.29, 0.717) is 6.04 Å². The molecule has 1 aromatic rings. The smallest absolute Gasteiger partial charge is 0.125 e. The Hall–Kier alpha value is -0.540. The second-order valence-electron chi connectivity index (χ2n) is 5.86. The molecule has 1 aliphatic heterocycles. The summed E-state index contributed by atoms with van der Waals surface area (Å²) in [6.45, 7) is 2.34. The third-order valence-electron chi connectivity index (χ3n) is 4.41. The number of rotatable bonds is 1. The minimum atomic E-state index is 0.0773. The summed E-state index contributed by atoms with van der Waals surface area (Å²) in [6, 6.07) is 6.77. The number of fused-ring (bicyclic) bond motifs is 1. The van der Waals surface area contributed by atoms with E-state index in [1.165, 1.54) is 24.8 Å². The largest absolute Gasteiger partial charge is 0.487 e. The van der Waals surface area contributed by atoms with Crippen LogP contribution in [0.15, 0.2) is 22.7 Å². The maximum atomic E-state index is 6.38. The number of nitrogens with one attached hydrogen (secondary N) is 1. The van der Waals surface area contributed by atoms with Gasteiger partial charge in [0.15, 0.2) is 0 Å². The standard InChI is InChI=1S/C15H20BrNO/c1-10-5-6-15(8-10)9-13(17-2)12-7-11(16)3-4-14(12)18-15/h3-4,7,10,13,17H,5-6,8-9H2,1-2H3. The normalized spacial score (nSPS) is 34.4. The molecule has 1 N–H and O–H groups in total. The maximum absolute atomic E-state index is 6.38. The van der Waals surface area contributed by atoms with Crippen molar-refractivity contribution in [3.63, 3.8) is 0 Å². The first-order valence-electron chi connectivity index (χ1n) is 6.78. The zero-order valence-electron chi connectivity index (χ0n) is 11.0. The van der Waals surface area contributed by atoms with Gasteiger partial charge in [0.2, 0.25) is 0 Å². The molecular weight excluding hydrogens is 290 g/mol. The van der Waals surface area contributed by atoms with E-state index >= 15 is 0 Å². The molecule has 3 rings (SSSR count). The lowest BCUT2D eigenvalue weighted by atomic mass is 9.85. The Morgan fingerprint density at radius 1 is 1.39 bits per heavy atom. The Kier molecular flexibility index (Phi) is 3.15. The molecule has 1 aromatic carbocycles. The van der Waals surface area contributed by atoms with Crippen molar-refractivity contribution in [3.05, 3.63) is 28.2 Å². The second-order valence-corrected chi connectivity index (χ2v) is 6.78. The summed E-state index contributed by atoms with van der Waals surface area (Å²) in [4.78, 5) is 0. The Morgan fingerprint density at radius 2 is 2.22 bits per heavy atom. The third kappa shape index (κ3) is 2.08. The van der Waals surface area contributed by atoms with Crippen molar-refractivity contribution in [2.24, 2.45) is 5.92 Å². The quantitative estimate of drug-likeness (QED) is 0.845. The van der Waals surface area contributed by atoms with Crippen molar-refractivity contribution < 1.29 is 4.74 Å². The predicted octanol–water partition coefficient (Wildman–Crippen LogP) is 4.05. The highest BCUT2D eigenvalue weighted by molar-refractivity contribution is 9.10. The van der Waals surface area contributed by atoms with E-state index in [1.54, 1.807) is 0 Å². The second kappa shape index (κ2) is 4.53. The maximum Gasteiger partial charge on any atom is 0.125 e. The molecule has 0 radical (unpaired) electrons. The van der Waals surface area contributed by atoms with E-state index < -0.39 is 0 Å². The summed E-state index contributed by atoms with van der Waals surface area (Å²) in [5, 5.41) is 3.45. The van der Waals surface area contributed by atoms with Crippen molar-refractivity contribution in [1.29, 1.82) is 0 Å². The molecule has 3 heteroatoms. The molecule has 1 fully saturated rings. The van der Waals surface area contributed by atoms with Crippen molar-refractivity contribution >= 4 is 15.9 Å². The van der Waals surface area contributed by atoms with Crippen molar-refractivity contribution in [2.45, 2.75) is 44.2 Å². The van der Waals surface area contributed by atoms with E-state index in [9.17, 15) is 0 Å². The number of ether oxygens (including phenoxy) is 1. The van der Waals surface area contributed by atoms with Gasteiger partial charge in [0.05, 0.1) is 0 Å². The fourth-order valence-corrected chi connectivity index (χ4v) is 3.90. The molecule has 0 bridgehead atoms. The molecule has 1 heterocycles. The molecular formula is C15H20BrNO. The lowest BCUT2D eigenvalue weighted by Gasteiger charge is -2.40. The highest BCUT2D eigenvalue weighted by Crippen LogP contribution is 2.49. The first kappa shape index (κ1) is 12.5. The minimum Gasteiger partial charge on any atom is -0.487 e. The molecule has 1 spiro atoms. The molecule has 2 aliphatic rings. The Labute approximate surface area is 117 Å². The van der Waals surface area contributed by atoms with Crippen LogP contribution in [0.1, 0.15) is 44.2 Å². The van der Waals surface area contributed by atoms with Crippen LogP contribution in [0.25, 0.3) is 0 Å². The van der Waals surface area contributed by atoms with Crippen LogP contribution >= 0.6 is 15.9 Å². The van der Waals surface area contributed by atoms with E-state index in [0.717, 1.165) is 22.6 Å². The Bertz CT molecular complexity index is 462. The zero-order valence-corrected chi connectivity index (χ0v) is 12.6. The number of benzene rings is 1. The fourth-order valence-electron chi connectivity index (χ4n) is 3.53. The first-order valence-corrected chi connectivity index (χ1v) is 7.57. The lowest BCUT2D eigenvalue weighted by molar-refractivity contribution is 0.0347. The molecule has 0 amide bonds. The molecule has 1 aliphatic carbocycles. The summed E-state index contributed by atoms with van der Waals surface area (Å²) in [7, 11) is 2.05. The van der Waals surface area contributed by atoms with Crippen LogP contribution < -0.4 is 10.1 Å².